The normalized spacial score (nSPS) is 16.3. The molecule has 2 aromatic rings. The predicted octanol–water partition coefficient (Wildman–Crippen LogP) is 2.63. The summed E-state index contributed by atoms with van der Waals surface area (Å²) in [4.78, 5) is 51.7. The van der Waals surface area contributed by atoms with Crippen LogP contribution in [0.15, 0.2) is 30.3 Å². The van der Waals surface area contributed by atoms with Crippen LogP contribution in [0.25, 0.3) is 0 Å². The third-order valence-corrected chi connectivity index (χ3v) is 6.81. The van der Waals surface area contributed by atoms with E-state index in [2.05, 4.69) is 20.7 Å². The Morgan fingerprint density at radius 3 is 2.65 bits per heavy atom. The number of carbonyl (C=O) groups excluding carboxylic acids is 4. The zero-order valence-corrected chi connectivity index (χ0v) is 20.9. The molecule has 4 rings (SSSR count). The number of halogens is 3. The van der Waals surface area contributed by atoms with Gasteiger partial charge in [-0.3, -0.25) is 19.2 Å². The monoisotopic (exact) mass is 556 g/mol. The first-order chi connectivity index (χ1) is 17.7. The summed E-state index contributed by atoms with van der Waals surface area (Å²) in [6.07, 6.45) is 1.38. The maximum atomic E-state index is 13.1. The average Bonchev–Trinajstić information content (AvgIpc) is 3.62. The fourth-order valence-corrected chi connectivity index (χ4v) is 4.51. The van der Waals surface area contributed by atoms with E-state index in [9.17, 15) is 28.0 Å². The molecule has 1 atom stereocenters. The second-order valence-electron chi connectivity index (χ2n) is 8.30. The molecule has 1 saturated carbocycles. The number of rotatable bonds is 10. The van der Waals surface area contributed by atoms with E-state index in [-0.39, 0.29) is 55.5 Å². The average molecular weight is 557 g/mol. The number of hydrogen-bond acceptors (Lipinski definition) is 7. The van der Waals surface area contributed by atoms with Gasteiger partial charge in [0.25, 0.3) is 11.8 Å². The largest absolute Gasteiger partial charge is 0.433 e. The van der Waals surface area contributed by atoms with Gasteiger partial charge in [-0.1, -0.05) is 11.6 Å². The lowest BCUT2D eigenvalue weighted by molar-refractivity contribution is -0.127. The van der Waals surface area contributed by atoms with Gasteiger partial charge in [0.15, 0.2) is 5.75 Å². The van der Waals surface area contributed by atoms with Gasteiger partial charge in [0.1, 0.15) is 12.6 Å². The Morgan fingerprint density at radius 2 is 2.00 bits per heavy atom. The van der Waals surface area contributed by atoms with Gasteiger partial charge in [-0.2, -0.15) is 8.78 Å². The Bertz CT molecular complexity index is 1190. The maximum absolute atomic E-state index is 13.1. The Morgan fingerprint density at radius 1 is 1.22 bits per heavy atom. The molecule has 37 heavy (non-hydrogen) atoms. The fraction of sp³-hybridized carbons (Fsp3) is 0.391. The summed E-state index contributed by atoms with van der Waals surface area (Å²) >= 11 is 6.91. The number of anilines is 2. The quantitative estimate of drug-likeness (QED) is 0.413. The lowest BCUT2D eigenvalue weighted by Crippen LogP contribution is -2.51. The van der Waals surface area contributed by atoms with Crippen LogP contribution in [-0.4, -0.2) is 62.6 Å². The summed E-state index contributed by atoms with van der Waals surface area (Å²) in [5.41, 5.74) is 0.194. The minimum atomic E-state index is -3.20. The van der Waals surface area contributed by atoms with Crippen LogP contribution >= 0.6 is 22.9 Å². The molecule has 0 bridgehead atoms. The summed E-state index contributed by atoms with van der Waals surface area (Å²) in [6.45, 7) is -3.10. The second-order valence-corrected chi connectivity index (χ2v) is 10.0. The molecule has 2 heterocycles. The lowest BCUT2D eigenvalue weighted by atomic mass is 10.2. The number of nitrogens with one attached hydrogen (secondary N) is 3. The zero-order chi connectivity index (χ0) is 26.5. The van der Waals surface area contributed by atoms with E-state index in [1.807, 2.05) is 0 Å². The van der Waals surface area contributed by atoms with E-state index in [1.54, 1.807) is 6.07 Å². The third kappa shape index (κ3) is 7.14. The van der Waals surface area contributed by atoms with Gasteiger partial charge in [-0.25, -0.2) is 0 Å². The molecule has 0 unspecified atom stereocenters. The van der Waals surface area contributed by atoms with Gasteiger partial charge in [0.2, 0.25) is 11.8 Å². The van der Waals surface area contributed by atoms with Crippen LogP contribution in [0.4, 0.5) is 20.2 Å². The number of benzene rings is 1. The summed E-state index contributed by atoms with van der Waals surface area (Å²) in [5, 5.41) is 7.65. The number of hydrogen-bond donors (Lipinski definition) is 3. The molecular formula is C23H23ClF2N4O6S. The highest BCUT2D eigenvalue weighted by Gasteiger charge is 2.33. The van der Waals surface area contributed by atoms with Gasteiger partial charge in [-0.15, -0.1) is 11.3 Å². The second kappa shape index (κ2) is 11.8. The molecule has 1 saturated heterocycles. The molecule has 14 heteroatoms. The number of amides is 4. The number of nitrogens with zero attached hydrogens (tertiary/aromatic N) is 1. The summed E-state index contributed by atoms with van der Waals surface area (Å²) in [7, 11) is 0. The van der Waals surface area contributed by atoms with E-state index in [4.69, 9.17) is 16.3 Å². The van der Waals surface area contributed by atoms with E-state index in [0.717, 1.165) is 11.3 Å². The standard InChI is InChI=1S/C23H23ClF2N4O6S/c24-18-6-5-17(37-18)22(34)27-10-15(29-20(32)12-1-2-12)21(33)28-14-4-3-13(9-16(14)36-23(25)26)30-7-8-35-11-19(30)31/h3-6,9,12,15,23H,1-2,7-8,10-11H2,(H,27,34)(H,28,33)(H,29,32)/t15-/m0/s1. The molecule has 1 aromatic heterocycles. The van der Waals surface area contributed by atoms with Crippen LogP contribution in [0.3, 0.4) is 0 Å². The smallest absolute Gasteiger partial charge is 0.387 e. The SMILES string of the molecule is O=C(NC[C@H](NC(=O)C1CC1)C(=O)Nc1ccc(N2CCOCC2=O)cc1OC(F)F)c1ccc(Cl)s1. The Labute approximate surface area is 219 Å². The summed E-state index contributed by atoms with van der Waals surface area (Å²) in [5.74, 6) is -2.53. The number of alkyl halides is 2. The van der Waals surface area contributed by atoms with Crippen LogP contribution < -0.4 is 25.6 Å². The van der Waals surface area contributed by atoms with Crippen molar-refractivity contribution in [3.05, 3.63) is 39.5 Å². The van der Waals surface area contributed by atoms with Crippen LogP contribution in [0.2, 0.25) is 4.34 Å². The Hall–Kier alpha value is -3.29. The van der Waals surface area contributed by atoms with Crippen molar-refractivity contribution in [3.63, 3.8) is 0 Å². The topological polar surface area (TPSA) is 126 Å². The number of thiophene rings is 1. The summed E-state index contributed by atoms with van der Waals surface area (Å²) < 4.78 is 36.4. The van der Waals surface area contributed by atoms with Crippen molar-refractivity contribution in [2.24, 2.45) is 5.92 Å². The van der Waals surface area contributed by atoms with E-state index >= 15 is 0 Å². The minimum Gasteiger partial charge on any atom is -0.433 e. The van der Waals surface area contributed by atoms with E-state index in [0.29, 0.717) is 27.7 Å². The van der Waals surface area contributed by atoms with Gasteiger partial charge >= 0.3 is 6.61 Å². The van der Waals surface area contributed by atoms with Crippen molar-refractivity contribution < 1.29 is 37.4 Å². The fourth-order valence-electron chi connectivity index (χ4n) is 3.55. The first-order valence-corrected chi connectivity index (χ1v) is 12.5. The highest BCUT2D eigenvalue weighted by molar-refractivity contribution is 7.18. The highest BCUT2D eigenvalue weighted by atomic mass is 35.5. The predicted molar refractivity (Wildman–Crippen MR) is 131 cm³/mol. The molecule has 0 spiro atoms. The molecule has 198 valence electrons. The molecule has 4 amide bonds. The van der Waals surface area contributed by atoms with E-state index < -0.39 is 24.5 Å². The molecule has 1 aromatic carbocycles. The van der Waals surface area contributed by atoms with Crippen molar-refractivity contribution >= 4 is 57.9 Å². The van der Waals surface area contributed by atoms with Gasteiger partial charge in [0, 0.05) is 30.8 Å². The Balaban J connectivity index is 1.50. The van der Waals surface area contributed by atoms with Crippen molar-refractivity contribution in [1.82, 2.24) is 10.6 Å². The highest BCUT2D eigenvalue weighted by Crippen LogP contribution is 2.32. The number of ether oxygens (including phenoxy) is 2. The van der Waals surface area contributed by atoms with Crippen molar-refractivity contribution in [1.29, 1.82) is 0 Å². The van der Waals surface area contributed by atoms with Gasteiger partial charge in [0.05, 0.1) is 21.5 Å². The molecule has 10 nitrogen and oxygen atoms in total. The van der Waals surface area contributed by atoms with Crippen molar-refractivity contribution in [2.75, 3.05) is 36.5 Å². The lowest BCUT2D eigenvalue weighted by Gasteiger charge is -2.27. The first-order valence-electron chi connectivity index (χ1n) is 11.3. The molecule has 2 aliphatic rings. The van der Waals surface area contributed by atoms with Crippen LogP contribution in [0.5, 0.6) is 5.75 Å². The molecular weight excluding hydrogens is 534 g/mol. The van der Waals surface area contributed by atoms with Crippen molar-refractivity contribution in [3.8, 4) is 5.75 Å². The number of carbonyl (C=O) groups is 4. The van der Waals surface area contributed by atoms with E-state index in [1.165, 1.54) is 29.2 Å². The number of morpholine rings is 1. The van der Waals surface area contributed by atoms with Gasteiger partial charge < -0.3 is 30.3 Å². The van der Waals surface area contributed by atoms with Crippen LogP contribution in [0, 0.1) is 5.92 Å². The molecule has 0 radical (unpaired) electrons. The molecule has 3 N–H and O–H groups in total. The molecule has 1 aliphatic heterocycles. The minimum absolute atomic E-state index is 0.100. The maximum Gasteiger partial charge on any atom is 0.387 e. The third-order valence-electron chi connectivity index (χ3n) is 5.58. The zero-order valence-electron chi connectivity index (χ0n) is 19.3. The Kier molecular flexibility index (Phi) is 8.56. The van der Waals surface area contributed by atoms with Crippen LogP contribution in [0.1, 0.15) is 22.5 Å². The van der Waals surface area contributed by atoms with Crippen LogP contribution in [-0.2, 0) is 19.1 Å². The van der Waals surface area contributed by atoms with Crippen molar-refractivity contribution in [2.45, 2.75) is 25.5 Å². The molecule has 2 fully saturated rings. The summed E-state index contributed by atoms with van der Waals surface area (Å²) in [6, 6.07) is 5.88. The molecule has 1 aliphatic carbocycles. The first kappa shape index (κ1) is 26.8. The van der Waals surface area contributed by atoms with Gasteiger partial charge in [-0.05, 0) is 37.1 Å².